The molecule has 0 amide bonds. The van der Waals surface area contributed by atoms with Gasteiger partial charge in [-0.25, -0.2) is 11.6 Å². The molecule has 1 radical (unpaired) electrons. The van der Waals surface area contributed by atoms with Crippen LogP contribution in [0.15, 0.2) is 17.7 Å². The van der Waals surface area contributed by atoms with Crippen molar-refractivity contribution in [1.82, 2.24) is 0 Å². The number of hydrogen-bond donors (Lipinski definition) is 0. The second kappa shape index (κ2) is 14.5. The van der Waals surface area contributed by atoms with Gasteiger partial charge in [0.2, 0.25) is 0 Å². The minimum atomic E-state index is 0. The maximum Gasteiger partial charge on any atom is 4.00 e. The first kappa shape index (κ1) is 23.1. The molecule has 1 aliphatic carbocycles. The minimum Gasteiger partial charge on any atom is -1.00 e. The Balaban J connectivity index is -0.0000000800. The smallest absolute Gasteiger partial charge is 1.00 e. The van der Waals surface area contributed by atoms with Crippen molar-refractivity contribution in [2.75, 3.05) is 0 Å². The molecule has 1 rings (SSSR count). The van der Waals surface area contributed by atoms with Crippen LogP contribution in [0.5, 0.6) is 0 Å². The number of halogens is 3. The average Bonchev–Trinajstić information content (AvgIpc) is 2.19. The summed E-state index contributed by atoms with van der Waals surface area (Å²) in [7, 11) is 0. The van der Waals surface area contributed by atoms with E-state index in [2.05, 4.69) is 25.2 Å². The fourth-order valence-electron chi connectivity index (χ4n) is 0.891. The molecule has 4 heteroatoms. The monoisotopic (exact) mass is 263 g/mol. The van der Waals surface area contributed by atoms with Crippen molar-refractivity contribution in [2.24, 2.45) is 0 Å². The molecule has 69 valence electrons. The molecule has 12 heavy (non-hydrogen) atoms. The summed E-state index contributed by atoms with van der Waals surface area (Å²) in [6.45, 7) is 2.20. The molecule has 1 aliphatic rings. The van der Waals surface area contributed by atoms with E-state index in [1.54, 1.807) is 0 Å². The number of rotatable bonds is 2. The van der Waals surface area contributed by atoms with Gasteiger partial charge in [0, 0.05) is 0 Å². The quantitative estimate of drug-likeness (QED) is 0.435. The van der Waals surface area contributed by atoms with Gasteiger partial charge < -0.3 is 37.2 Å². The van der Waals surface area contributed by atoms with Crippen LogP contribution >= 0.6 is 0 Å². The molecule has 0 spiro atoms. The molecule has 0 heterocycles. The van der Waals surface area contributed by atoms with Gasteiger partial charge in [-0.1, -0.05) is 19.8 Å². The van der Waals surface area contributed by atoms with E-state index in [9.17, 15) is 0 Å². The fourth-order valence-corrected chi connectivity index (χ4v) is 0.891. The standard InChI is InChI=1S/C8H11.3ClH.V/c1-2-5-8-6-3-4-7-8;;;;/h3,6H,2,4-5H2,1H3;3*1H;/q-1;;;;+4/p-3. The van der Waals surface area contributed by atoms with E-state index in [4.69, 9.17) is 0 Å². The molecule has 0 atom stereocenters. The summed E-state index contributed by atoms with van der Waals surface area (Å²) in [5, 5.41) is 0. The molecule has 0 saturated heterocycles. The third-order valence-corrected chi connectivity index (χ3v) is 1.29. The van der Waals surface area contributed by atoms with Gasteiger partial charge in [0.05, 0.1) is 0 Å². The summed E-state index contributed by atoms with van der Waals surface area (Å²) in [5.41, 5.74) is 1.40. The van der Waals surface area contributed by atoms with E-state index < -0.39 is 0 Å². The molecule has 0 N–H and O–H groups in total. The SMILES string of the molecule is CCCC1=[C-]CC=C1.[Cl-].[Cl-].[Cl-].[V+4]. The summed E-state index contributed by atoms with van der Waals surface area (Å²) in [5.74, 6) is 0. The Kier molecular flexibility index (Phi) is 27.8. The van der Waals surface area contributed by atoms with E-state index in [0.29, 0.717) is 0 Å². The number of allylic oxidation sites excluding steroid dienone is 4. The Morgan fingerprint density at radius 1 is 1.33 bits per heavy atom. The minimum absolute atomic E-state index is 0. The third kappa shape index (κ3) is 9.03. The largest absolute Gasteiger partial charge is 4.00 e. The molecule has 0 bridgehead atoms. The van der Waals surface area contributed by atoms with E-state index in [0.717, 1.165) is 6.42 Å². The summed E-state index contributed by atoms with van der Waals surface area (Å²) < 4.78 is 0. The molecule has 0 aliphatic heterocycles. The van der Waals surface area contributed by atoms with Gasteiger partial charge in [0.15, 0.2) is 0 Å². The van der Waals surface area contributed by atoms with E-state index >= 15 is 0 Å². The Hall–Kier alpha value is 0.934. The first-order valence-electron chi connectivity index (χ1n) is 3.19. The molecule has 0 nitrogen and oxygen atoms in total. The Bertz CT molecular complexity index is 132. The second-order valence-corrected chi connectivity index (χ2v) is 2.06. The van der Waals surface area contributed by atoms with Crippen molar-refractivity contribution in [3.63, 3.8) is 0 Å². The molecule has 0 aromatic heterocycles. The van der Waals surface area contributed by atoms with Gasteiger partial charge >= 0.3 is 18.6 Å². The van der Waals surface area contributed by atoms with Crippen LogP contribution in [0.4, 0.5) is 0 Å². The average molecular weight is 264 g/mol. The van der Waals surface area contributed by atoms with E-state index in [1.807, 2.05) is 0 Å². The zero-order chi connectivity index (χ0) is 5.82. The van der Waals surface area contributed by atoms with Crippen molar-refractivity contribution >= 4 is 0 Å². The Labute approximate surface area is 105 Å². The molecule has 0 fully saturated rings. The van der Waals surface area contributed by atoms with Gasteiger partial charge in [0.1, 0.15) is 0 Å². The summed E-state index contributed by atoms with van der Waals surface area (Å²) in [6, 6.07) is 0. The van der Waals surface area contributed by atoms with Crippen LogP contribution in [0.1, 0.15) is 26.2 Å². The topological polar surface area (TPSA) is 0 Å². The molecule has 0 saturated carbocycles. The maximum absolute atomic E-state index is 3.26. The summed E-state index contributed by atoms with van der Waals surface area (Å²) in [4.78, 5) is 0. The van der Waals surface area contributed by atoms with Crippen molar-refractivity contribution in [3.8, 4) is 0 Å². The molecule has 0 unspecified atom stereocenters. The normalized spacial score (nSPS) is 11.2. The zero-order valence-electron chi connectivity index (χ0n) is 6.86. The third-order valence-electron chi connectivity index (χ3n) is 1.29. The van der Waals surface area contributed by atoms with Gasteiger partial charge in [-0.05, 0) is 0 Å². The first-order valence-corrected chi connectivity index (χ1v) is 3.19. The zero-order valence-corrected chi connectivity index (χ0v) is 10.5. The van der Waals surface area contributed by atoms with Gasteiger partial charge in [0.25, 0.3) is 0 Å². The predicted molar refractivity (Wildman–Crippen MR) is 35.4 cm³/mol. The maximum atomic E-state index is 3.26. The Morgan fingerprint density at radius 3 is 2.25 bits per heavy atom. The van der Waals surface area contributed by atoms with Crippen LogP contribution in [-0.2, 0) is 18.6 Å². The summed E-state index contributed by atoms with van der Waals surface area (Å²) in [6.07, 6.45) is 11.1. The Morgan fingerprint density at radius 2 is 1.92 bits per heavy atom. The molecule has 0 aromatic rings. The van der Waals surface area contributed by atoms with Crippen LogP contribution in [0.2, 0.25) is 0 Å². The van der Waals surface area contributed by atoms with E-state index in [1.165, 1.54) is 18.4 Å². The molecular weight excluding hydrogens is 253 g/mol. The van der Waals surface area contributed by atoms with Crippen molar-refractivity contribution in [3.05, 3.63) is 23.8 Å². The van der Waals surface area contributed by atoms with Gasteiger partial charge in [-0.2, -0.15) is 6.08 Å². The van der Waals surface area contributed by atoms with Crippen LogP contribution in [-0.4, -0.2) is 0 Å². The van der Waals surface area contributed by atoms with Gasteiger partial charge in [-0.15, -0.1) is 6.42 Å². The molecule has 0 aromatic carbocycles. The second-order valence-electron chi connectivity index (χ2n) is 2.06. The van der Waals surface area contributed by atoms with Crippen molar-refractivity contribution < 1.29 is 55.8 Å². The van der Waals surface area contributed by atoms with E-state index in [-0.39, 0.29) is 55.8 Å². The van der Waals surface area contributed by atoms with Crippen LogP contribution in [0, 0.1) is 6.08 Å². The molecular formula is C8H11Cl3V. The summed E-state index contributed by atoms with van der Waals surface area (Å²) >= 11 is 0. The number of hydrogen-bond acceptors (Lipinski definition) is 0. The fraction of sp³-hybridized carbons (Fsp3) is 0.500. The predicted octanol–water partition coefficient (Wildman–Crippen LogP) is -6.51. The van der Waals surface area contributed by atoms with Crippen LogP contribution in [0.25, 0.3) is 0 Å². The van der Waals surface area contributed by atoms with Crippen molar-refractivity contribution in [1.29, 1.82) is 0 Å². The van der Waals surface area contributed by atoms with Crippen LogP contribution in [0.3, 0.4) is 0 Å². The van der Waals surface area contributed by atoms with Crippen molar-refractivity contribution in [2.45, 2.75) is 26.2 Å². The van der Waals surface area contributed by atoms with Gasteiger partial charge in [-0.3, -0.25) is 6.08 Å². The van der Waals surface area contributed by atoms with Crippen LogP contribution < -0.4 is 37.2 Å². The first-order chi connectivity index (χ1) is 3.93.